The van der Waals surface area contributed by atoms with Gasteiger partial charge in [-0.2, -0.15) is 10.2 Å². The Labute approximate surface area is 150 Å². The van der Waals surface area contributed by atoms with Crippen LogP contribution >= 0.6 is 0 Å². The van der Waals surface area contributed by atoms with Crippen molar-refractivity contribution in [3.63, 3.8) is 0 Å². The maximum Gasteiger partial charge on any atom is 0.0534 e. The molecular weight excluding hydrogens is 312 g/mol. The topological polar surface area (TPSA) is 42.1 Å². The van der Waals surface area contributed by atoms with Crippen molar-refractivity contribution in [2.75, 3.05) is 26.2 Å². The van der Waals surface area contributed by atoms with Crippen molar-refractivity contribution >= 4 is 0 Å². The number of aryl methyl sites for hydroxylation is 1. The van der Waals surface area contributed by atoms with Crippen molar-refractivity contribution in [1.82, 2.24) is 29.4 Å². The lowest BCUT2D eigenvalue weighted by atomic mass is 10.1. The third-order valence-corrected chi connectivity index (χ3v) is 5.52. The summed E-state index contributed by atoms with van der Waals surface area (Å²) in [7, 11) is 0. The van der Waals surface area contributed by atoms with E-state index in [9.17, 15) is 0 Å². The fourth-order valence-corrected chi connectivity index (χ4v) is 4.28. The van der Waals surface area contributed by atoms with E-state index in [1.807, 2.05) is 17.1 Å². The highest BCUT2D eigenvalue weighted by atomic mass is 15.3. The molecule has 2 aliphatic heterocycles. The van der Waals surface area contributed by atoms with Gasteiger partial charge < -0.3 is 4.90 Å². The molecule has 0 radical (unpaired) electrons. The van der Waals surface area contributed by atoms with Gasteiger partial charge in [0.05, 0.1) is 11.9 Å². The highest BCUT2D eigenvalue weighted by molar-refractivity contribution is 5.07. The smallest absolute Gasteiger partial charge is 0.0534 e. The van der Waals surface area contributed by atoms with E-state index in [1.165, 1.54) is 50.2 Å². The molecule has 0 aromatic carbocycles. The zero-order valence-electron chi connectivity index (χ0n) is 15.3. The SMILES string of the molecule is CCn1cc(CN2Cc3ccnn3CC(CN3CCCCC3)C2)cn1. The third kappa shape index (κ3) is 4.12. The highest BCUT2D eigenvalue weighted by Gasteiger charge is 2.25. The summed E-state index contributed by atoms with van der Waals surface area (Å²) in [6.07, 6.45) is 10.3. The molecule has 4 rings (SSSR count). The second kappa shape index (κ2) is 7.70. The minimum Gasteiger partial charge on any atom is -0.303 e. The van der Waals surface area contributed by atoms with Gasteiger partial charge in [-0.05, 0) is 38.9 Å². The van der Waals surface area contributed by atoms with E-state index in [0.717, 1.165) is 32.7 Å². The molecule has 136 valence electrons. The van der Waals surface area contributed by atoms with Crippen molar-refractivity contribution in [3.05, 3.63) is 35.9 Å². The Bertz CT molecular complexity index is 669. The van der Waals surface area contributed by atoms with Crippen molar-refractivity contribution in [2.24, 2.45) is 5.92 Å². The van der Waals surface area contributed by atoms with Gasteiger partial charge in [0.15, 0.2) is 0 Å². The zero-order chi connectivity index (χ0) is 17.1. The number of nitrogens with zero attached hydrogens (tertiary/aromatic N) is 6. The van der Waals surface area contributed by atoms with E-state index in [0.29, 0.717) is 5.92 Å². The van der Waals surface area contributed by atoms with Gasteiger partial charge >= 0.3 is 0 Å². The van der Waals surface area contributed by atoms with Gasteiger partial charge in [0.2, 0.25) is 0 Å². The quantitative estimate of drug-likeness (QED) is 0.836. The molecule has 0 spiro atoms. The summed E-state index contributed by atoms with van der Waals surface area (Å²) < 4.78 is 4.24. The molecule has 0 saturated carbocycles. The van der Waals surface area contributed by atoms with Gasteiger partial charge in [0.25, 0.3) is 0 Å². The Morgan fingerprint density at radius 3 is 2.76 bits per heavy atom. The number of fused-ring (bicyclic) bond motifs is 1. The van der Waals surface area contributed by atoms with E-state index in [2.05, 4.69) is 43.9 Å². The average Bonchev–Trinajstić information content (AvgIpc) is 3.22. The van der Waals surface area contributed by atoms with Crippen LogP contribution < -0.4 is 0 Å². The van der Waals surface area contributed by atoms with E-state index in [4.69, 9.17) is 0 Å². The molecule has 0 N–H and O–H groups in total. The van der Waals surface area contributed by atoms with Crippen LogP contribution in [0.25, 0.3) is 0 Å². The fraction of sp³-hybridized carbons (Fsp3) is 0.684. The van der Waals surface area contributed by atoms with E-state index in [1.54, 1.807) is 0 Å². The maximum absolute atomic E-state index is 4.57. The monoisotopic (exact) mass is 342 g/mol. The van der Waals surface area contributed by atoms with Crippen LogP contribution in [0.2, 0.25) is 0 Å². The van der Waals surface area contributed by atoms with Crippen LogP contribution in [-0.2, 0) is 26.2 Å². The zero-order valence-corrected chi connectivity index (χ0v) is 15.3. The first-order valence-electron chi connectivity index (χ1n) is 9.77. The predicted octanol–water partition coefficient (Wildman–Crippen LogP) is 2.22. The minimum atomic E-state index is 0.639. The van der Waals surface area contributed by atoms with Gasteiger partial charge in [0, 0.05) is 63.1 Å². The number of hydrogen-bond donors (Lipinski definition) is 0. The van der Waals surface area contributed by atoms with Gasteiger partial charge in [-0.15, -0.1) is 0 Å². The molecule has 0 bridgehead atoms. The lowest BCUT2D eigenvalue weighted by molar-refractivity contribution is 0.150. The molecule has 6 heteroatoms. The number of likely N-dealkylation sites (tertiary alicyclic amines) is 1. The largest absolute Gasteiger partial charge is 0.303 e. The first-order valence-corrected chi connectivity index (χ1v) is 9.77. The summed E-state index contributed by atoms with van der Waals surface area (Å²) in [5.74, 6) is 0.639. The lowest BCUT2D eigenvalue weighted by Gasteiger charge is -2.31. The first-order chi connectivity index (χ1) is 12.3. The van der Waals surface area contributed by atoms with Gasteiger partial charge in [-0.25, -0.2) is 0 Å². The maximum atomic E-state index is 4.57. The molecule has 1 fully saturated rings. The molecule has 25 heavy (non-hydrogen) atoms. The molecule has 6 nitrogen and oxygen atoms in total. The number of aromatic nitrogens is 4. The van der Waals surface area contributed by atoms with Crippen LogP contribution in [0.4, 0.5) is 0 Å². The van der Waals surface area contributed by atoms with E-state index >= 15 is 0 Å². The molecule has 1 unspecified atom stereocenters. The summed E-state index contributed by atoms with van der Waals surface area (Å²) in [4.78, 5) is 5.24. The number of piperidine rings is 1. The Morgan fingerprint density at radius 2 is 1.96 bits per heavy atom. The normalized spacial score (nSPS) is 22.7. The van der Waals surface area contributed by atoms with Crippen LogP contribution in [-0.4, -0.2) is 55.5 Å². The van der Waals surface area contributed by atoms with Gasteiger partial charge in [-0.1, -0.05) is 6.42 Å². The van der Waals surface area contributed by atoms with E-state index < -0.39 is 0 Å². The van der Waals surface area contributed by atoms with E-state index in [-0.39, 0.29) is 0 Å². The molecule has 1 atom stereocenters. The van der Waals surface area contributed by atoms with Crippen LogP contribution in [0.5, 0.6) is 0 Å². The Balaban J connectivity index is 1.46. The van der Waals surface area contributed by atoms with Gasteiger partial charge in [0.1, 0.15) is 0 Å². The number of hydrogen-bond acceptors (Lipinski definition) is 4. The van der Waals surface area contributed by atoms with Crippen LogP contribution in [0.1, 0.15) is 37.4 Å². The fourth-order valence-electron chi connectivity index (χ4n) is 4.28. The molecule has 2 aliphatic rings. The number of rotatable bonds is 5. The molecule has 2 aromatic rings. The molecule has 4 heterocycles. The second-order valence-corrected chi connectivity index (χ2v) is 7.61. The Kier molecular flexibility index (Phi) is 5.17. The summed E-state index contributed by atoms with van der Waals surface area (Å²) in [6.45, 7) is 10.9. The first kappa shape index (κ1) is 16.8. The van der Waals surface area contributed by atoms with Crippen molar-refractivity contribution in [2.45, 2.75) is 52.4 Å². The molecule has 1 saturated heterocycles. The average molecular weight is 342 g/mol. The van der Waals surface area contributed by atoms with Crippen LogP contribution in [0.3, 0.4) is 0 Å². The van der Waals surface area contributed by atoms with Gasteiger partial charge in [-0.3, -0.25) is 14.3 Å². The summed E-state index contributed by atoms with van der Waals surface area (Å²) >= 11 is 0. The Hall–Kier alpha value is -1.66. The molecule has 2 aromatic heterocycles. The molecule has 0 amide bonds. The summed E-state index contributed by atoms with van der Waals surface area (Å²) in [5, 5.41) is 9.01. The third-order valence-electron chi connectivity index (χ3n) is 5.52. The molecular formula is C19H30N6. The van der Waals surface area contributed by atoms with Crippen molar-refractivity contribution < 1.29 is 0 Å². The molecule has 0 aliphatic carbocycles. The van der Waals surface area contributed by atoms with Crippen LogP contribution in [0.15, 0.2) is 24.7 Å². The highest BCUT2D eigenvalue weighted by Crippen LogP contribution is 2.20. The predicted molar refractivity (Wildman–Crippen MR) is 98.0 cm³/mol. The lowest BCUT2D eigenvalue weighted by Crippen LogP contribution is -2.39. The van der Waals surface area contributed by atoms with Crippen molar-refractivity contribution in [1.29, 1.82) is 0 Å². The summed E-state index contributed by atoms with van der Waals surface area (Å²) in [5.41, 5.74) is 2.65. The standard InChI is InChI=1S/C19H30N6/c1-2-24-14-17(10-21-24)11-23-13-18(12-22-8-4-3-5-9-22)15-25-19(16-23)6-7-20-25/h6-7,10,14,18H,2-5,8-9,11-13,15-16H2,1H3. The second-order valence-electron chi connectivity index (χ2n) is 7.61. The minimum absolute atomic E-state index is 0.639. The van der Waals surface area contributed by atoms with Crippen LogP contribution in [0, 0.1) is 5.92 Å². The summed E-state index contributed by atoms with van der Waals surface area (Å²) in [6, 6.07) is 2.17. The Morgan fingerprint density at radius 1 is 1.08 bits per heavy atom. The van der Waals surface area contributed by atoms with Crippen molar-refractivity contribution in [3.8, 4) is 0 Å².